The Morgan fingerprint density at radius 3 is 2.92 bits per heavy atom. The molecule has 0 aromatic rings. The molecule has 12 heavy (non-hydrogen) atoms. The SMILES string of the molecule is COC(=O)C1C=C(Cl)N=NC1=O. The summed E-state index contributed by atoms with van der Waals surface area (Å²) in [7, 11) is 1.18. The highest BCUT2D eigenvalue weighted by Crippen LogP contribution is 2.17. The van der Waals surface area contributed by atoms with Gasteiger partial charge in [-0.25, -0.2) is 0 Å². The Labute approximate surface area is 73.1 Å². The molecular weight excluding hydrogens is 184 g/mol. The number of methoxy groups -OCH3 is 1. The van der Waals surface area contributed by atoms with Crippen LogP contribution in [0.1, 0.15) is 0 Å². The Balaban J connectivity index is 2.84. The Morgan fingerprint density at radius 1 is 1.67 bits per heavy atom. The number of carbonyl (C=O) groups is 2. The van der Waals surface area contributed by atoms with E-state index >= 15 is 0 Å². The quantitative estimate of drug-likeness (QED) is 0.348. The molecule has 1 atom stereocenters. The average Bonchev–Trinajstić information content (AvgIpc) is 2.08. The summed E-state index contributed by atoms with van der Waals surface area (Å²) in [6.07, 6.45) is 1.20. The van der Waals surface area contributed by atoms with E-state index in [4.69, 9.17) is 11.6 Å². The third kappa shape index (κ3) is 1.68. The average molecular weight is 189 g/mol. The van der Waals surface area contributed by atoms with Gasteiger partial charge in [0, 0.05) is 0 Å². The zero-order valence-corrected chi connectivity index (χ0v) is 6.91. The smallest absolute Gasteiger partial charge is 0.322 e. The van der Waals surface area contributed by atoms with Crippen molar-refractivity contribution in [3.63, 3.8) is 0 Å². The van der Waals surface area contributed by atoms with Crippen LogP contribution in [0.4, 0.5) is 0 Å². The van der Waals surface area contributed by atoms with Gasteiger partial charge in [0.2, 0.25) is 0 Å². The fraction of sp³-hybridized carbons (Fsp3) is 0.333. The third-order valence-corrected chi connectivity index (χ3v) is 1.47. The molecule has 0 aliphatic carbocycles. The van der Waals surface area contributed by atoms with Crippen molar-refractivity contribution in [1.82, 2.24) is 0 Å². The summed E-state index contributed by atoms with van der Waals surface area (Å²) in [6, 6.07) is 0. The van der Waals surface area contributed by atoms with Crippen LogP contribution in [0.3, 0.4) is 0 Å². The van der Waals surface area contributed by atoms with Crippen LogP contribution >= 0.6 is 11.6 Å². The van der Waals surface area contributed by atoms with Gasteiger partial charge in [0.05, 0.1) is 7.11 Å². The summed E-state index contributed by atoms with van der Waals surface area (Å²) in [6.45, 7) is 0. The molecular formula is C6H5ClN2O3. The zero-order valence-electron chi connectivity index (χ0n) is 6.15. The molecule has 0 saturated carbocycles. The van der Waals surface area contributed by atoms with Gasteiger partial charge in [-0.15, -0.1) is 10.2 Å². The van der Waals surface area contributed by atoms with Crippen LogP contribution in [-0.2, 0) is 14.3 Å². The molecule has 0 aromatic carbocycles. The first-order chi connectivity index (χ1) is 5.65. The Hall–Kier alpha value is -1.23. The lowest BCUT2D eigenvalue weighted by molar-refractivity contribution is -0.147. The fourth-order valence-corrected chi connectivity index (χ4v) is 0.861. The van der Waals surface area contributed by atoms with Gasteiger partial charge in [0.25, 0.3) is 5.91 Å². The molecule has 0 spiro atoms. The number of carbonyl (C=O) groups excluding carboxylic acids is 2. The van der Waals surface area contributed by atoms with E-state index in [0.29, 0.717) is 0 Å². The number of hydrogen-bond donors (Lipinski definition) is 0. The summed E-state index contributed by atoms with van der Waals surface area (Å²) in [4.78, 5) is 21.8. The second-order valence-electron chi connectivity index (χ2n) is 2.03. The van der Waals surface area contributed by atoms with E-state index in [-0.39, 0.29) is 5.16 Å². The molecule has 0 aromatic heterocycles. The lowest BCUT2D eigenvalue weighted by atomic mass is 10.1. The van der Waals surface area contributed by atoms with Gasteiger partial charge >= 0.3 is 5.97 Å². The molecule has 0 N–H and O–H groups in total. The van der Waals surface area contributed by atoms with Crippen molar-refractivity contribution < 1.29 is 14.3 Å². The lowest BCUT2D eigenvalue weighted by Gasteiger charge is -2.07. The molecule has 0 fully saturated rings. The van der Waals surface area contributed by atoms with Gasteiger partial charge in [-0.05, 0) is 6.08 Å². The third-order valence-electron chi connectivity index (χ3n) is 1.27. The van der Waals surface area contributed by atoms with Crippen LogP contribution in [0.15, 0.2) is 21.5 Å². The minimum atomic E-state index is -1.04. The highest BCUT2D eigenvalue weighted by atomic mass is 35.5. The number of halogens is 1. The van der Waals surface area contributed by atoms with E-state index in [1.165, 1.54) is 13.2 Å². The fourth-order valence-electron chi connectivity index (χ4n) is 0.697. The van der Waals surface area contributed by atoms with Gasteiger partial charge in [0.15, 0.2) is 5.92 Å². The van der Waals surface area contributed by atoms with Crippen LogP contribution < -0.4 is 0 Å². The van der Waals surface area contributed by atoms with Crippen molar-refractivity contribution in [3.8, 4) is 0 Å². The number of nitrogens with zero attached hydrogens (tertiary/aromatic N) is 2. The minimum Gasteiger partial charge on any atom is -0.468 e. The molecule has 0 bridgehead atoms. The lowest BCUT2D eigenvalue weighted by Crippen LogP contribution is -2.23. The second kappa shape index (κ2) is 3.44. The summed E-state index contributed by atoms with van der Waals surface area (Å²) in [5, 5.41) is 6.44. The molecule has 1 amide bonds. The zero-order chi connectivity index (χ0) is 9.14. The van der Waals surface area contributed by atoms with E-state index in [1.807, 2.05) is 0 Å². The summed E-state index contributed by atoms with van der Waals surface area (Å²) in [5.41, 5.74) is 0. The first-order valence-electron chi connectivity index (χ1n) is 3.06. The number of hydrogen-bond acceptors (Lipinski definition) is 4. The van der Waals surface area contributed by atoms with Crippen molar-refractivity contribution in [3.05, 3.63) is 11.2 Å². The molecule has 0 radical (unpaired) electrons. The van der Waals surface area contributed by atoms with Crippen molar-refractivity contribution in [2.24, 2.45) is 16.1 Å². The molecule has 6 heteroatoms. The Morgan fingerprint density at radius 2 is 2.33 bits per heavy atom. The number of ether oxygens (including phenoxy) is 1. The molecule has 1 aliphatic rings. The van der Waals surface area contributed by atoms with Crippen LogP contribution in [0.2, 0.25) is 0 Å². The van der Waals surface area contributed by atoms with Gasteiger partial charge in [-0.2, -0.15) is 0 Å². The summed E-state index contributed by atoms with van der Waals surface area (Å²) >= 11 is 5.42. The van der Waals surface area contributed by atoms with Crippen molar-refractivity contribution >= 4 is 23.5 Å². The molecule has 64 valence electrons. The molecule has 1 aliphatic heterocycles. The number of azo groups is 1. The maximum Gasteiger partial charge on any atom is 0.322 e. The first-order valence-corrected chi connectivity index (χ1v) is 3.43. The van der Waals surface area contributed by atoms with Gasteiger partial charge in [-0.3, -0.25) is 9.59 Å². The first kappa shape index (κ1) is 8.86. The van der Waals surface area contributed by atoms with Gasteiger partial charge in [0.1, 0.15) is 5.16 Å². The minimum absolute atomic E-state index is 0.0185. The highest BCUT2D eigenvalue weighted by molar-refractivity contribution is 6.30. The van der Waals surface area contributed by atoms with E-state index in [2.05, 4.69) is 15.0 Å². The van der Waals surface area contributed by atoms with Crippen LogP contribution in [0, 0.1) is 5.92 Å². The van der Waals surface area contributed by atoms with E-state index < -0.39 is 17.8 Å². The molecule has 1 rings (SSSR count). The van der Waals surface area contributed by atoms with Crippen LogP contribution in [0.25, 0.3) is 0 Å². The standard InChI is InChI=1S/C6H5ClN2O3/c1-12-6(11)3-2-4(7)8-9-5(3)10/h2-3H,1H3. The van der Waals surface area contributed by atoms with Crippen LogP contribution in [-0.4, -0.2) is 19.0 Å². The van der Waals surface area contributed by atoms with E-state index in [1.54, 1.807) is 0 Å². The topological polar surface area (TPSA) is 68.1 Å². The van der Waals surface area contributed by atoms with Gasteiger partial charge < -0.3 is 4.74 Å². The molecule has 1 heterocycles. The maximum absolute atomic E-state index is 10.9. The Bertz CT molecular complexity index is 285. The second-order valence-corrected chi connectivity index (χ2v) is 2.42. The molecule has 0 saturated heterocycles. The molecule has 5 nitrogen and oxygen atoms in total. The highest BCUT2D eigenvalue weighted by Gasteiger charge is 2.28. The predicted molar refractivity (Wildman–Crippen MR) is 39.3 cm³/mol. The maximum atomic E-state index is 10.9. The number of amides is 1. The number of esters is 1. The Kier molecular flexibility index (Phi) is 2.54. The summed E-state index contributed by atoms with van der Waals surface area (Å²) in [5.74, 6) is -2.39. The number of rotatable bonds is 1. The van der Waals surface area contributed by atoms with Crippen molar-refractivity contribution in [1.29, 1.82) is 0 Å². The molecule has 1 unspecified atom stereocenters. The van der Waals surface area contributed by atoms with Crippen molar-refractivity contribution in [2.45, 2.75) is 0 Å². The van der Waals surface area contributed by atoms with Crippen molar-refractivity contribution in [2.75, 3.05) is 7.11 Å². The summed E-state index contributed by atoms with van der Waals surface area (Å²) < 4.78 is 4.34. The predicted octanol–water partition coefficient (Wildman–Crippen LogP) is 0.848. The van der Waals surface area contributed by atoms with E-state index in [9.17, 15) is 9.59 Å². The monoisotopic (exact) mass is 188 g/mol. The van der Waals surface area contributed by atoms with Crippen LogP contribution in [0.5, 0.6) is 0 Å². The normalized spacial score (nSPS) is 22.0. The largest absolute Gasteiger partial charge is 0.468 e. The van der Waals surface area contributed by atoms with Gasteiger partial charge in [-0.1, -0.05) is 11.6 Å². The van der Waals surface area contributed by atoms with E-state index in [0.717, 1.165) is 0 Å².